The maximum absolute atomic E-state index is 14.3. The normalized spacial score (nSPS) is 10.8. The molecule has 1 amide bonds. The van der Waals surface area contributed by atoms with Gasteiger partial charge in [0.2, 0.25) is 5.88 Å². The highest BCUT2D eigenvalue weighted by molar-refractivity contribution is 6.35. The second kappa shape index (κ2) is 8.79. The first-order valence-corrected chi connectivity index (χ1v) is 9.76. The van der Waals surface area contributed by atoms with E-state index in [1.807, 2.05) is 0 Å². The number of imidazole rings is 1. The fourth-order valence-corrected chi connectivity index (χ4v) is 3.28. The minimum Gasteiger partial charge on any atom is -0.482 e. The predicted octanol–water partition coefficient (Wildman–Crippen LogP) is 4.87. The van der Waals surface area contributed by atoms with Gasteiger partial charge in [-0.05, 0) is 42.5 Å². The number of hydrogen-bond donors (Lipinski definition) is 1. The maximum Gasteiger partial charge on any atom is 0.262 e. The van der Waals surface area contributed by atoms with Crippen molar-refractivity contribution in [2.24, 2.45) is 0 Å². The van der Waals surface area contributed by atoms with E-state index in [0.29, 0.717) is 33.6 Å². The summed E-state index contributed by atoms with van der Waals surface area (Å²) in [5.74, 6) is -0.416. The number of ether oxygens (including phenoxy) is 2. The van der Waals surface area contributed by atoms with E-state index in [1.165, 1.54) is 25.3 Å². The molecule has 0 radical (unpaired) electrons. The number of fused-ring (bicyclic) bond motifs is 1. The zero-order valence-electron chi connectivity index (χ0n) is 16.1. The first-order chi connectivity index (χ1) is 14.9. The van der Waals surface area contributed by atoms with Gasteiger partial charge in [-0.3, -0.25) is 4.79 Å². The molecule has 158 valence electrons. The molecule has 7 nitrogen and oxygen atoms in total. The van der Waals surface area contributed by atoms with Gasteiger partial charge in [0.05, 0.1) is 29.7 Å². The molecular formula is C21H15Cl2FN4O3. The Morgan fingerprint density at radius 2 is 2.00 bits per heavy atom. The molecule has 0 unspecified atom stereocenters. The van der Waals surface area contributed by atoms with E-state index in [1.54, 1.807) is 41.0 Å². The number of anilines is 1. The molecule has 0 saturated carbocycles. The monoisotopic (exact) mass is 460 g/mol. The van der Waals surface area contributed by atoms with Crippen LogP contribution in [0, 0.1) is 5.82 Å². The molecule has 0 spiro atoms. The van der Waals surface area contributed by atoms with Crippen molar-refractivity contribution in [1.82, 2.24) is 14.6 Å². The zero-order valence-corrected chi connectivity index (χ0v) is 17.6. The number of carbonyl (C=O) groups is 1. The number of amides is 1. The molecule has 4 rings (SSSR count). The van der Waals surface area contributed by atoms with Crippen LogP contribution in [-0.2, 0) is 4.79 Å². The molecule has 31 heavy (non-hydrogen) atoms. The van der Waals surface area contributed by atoms with Crippen LogP contribution in [0.3, 0.4) is 0 Å². The molecular weight excluding hydrogens is 446 g/mol. The number of rotatable bonds is 6. The Labute approximate surface area is 186 Å². The first-order valence-electron chi connectivity index (χ1n) is 9.01. The minimum absolute atomic E-state index is 0.00380. The second-order valence-corrected chi connectivity index (χ2v) is 7.25. The number of carbonyl (C=O) groups excluding carboxylic acids is 1. The number of methoxy groups -OCH3 is 1. The number of nitrogens with zero attached hydrogens (tertiary/aromatic N) is 3. The van der Waals surface area contributed by atoms with Gasteiger partial charge in [0.25, 0.3) is 5.91 Å². The third kappa shape index (κ3) is 4.70. The molecule has 0 fully saturated rings. The molecule has 0 bridgehead atoms. The van der Waals surface area contributed by atoms with E-state index in [2.05, 4.69) is 15.4 Å². The minimum atomic E-state index is -0.592. The summed E-state index contributed by atoms with van der Waals surface area (Å²) in [6.07, 6.45) is 1.68. The van der Waals surface area contributed by atoms with Crippen LogP contribution in [-0.4, -0.2) is 34.2 Å². The van der Waals surface area contributed by atoms with Crippen molar-refractivity contribution >= 4 is 40.4 Å². The van der Waals surface area contributed by atoms with Crippen LogP contribution in [0.1, 0.15) is 0 Å². The van der Waals surface area contributed by atoms with E-state index in [9.17, 15) is 9.18 Å². The van der Waals surface area contributed by atoms with Gasteiger partial charge in [-0.1, -0.05) is 23.2 Å². The van der Waals surface area contributed by atoms with Crippen LogP contribution in [0.15, 0.2) is 54.7 Å². The number of benzene rings is 2. The fourth-order valence-electron chi connectivity index (χ4n) is 2.81. The molecule has 0 aliphatic carbocycles. The number of halogens is 3. The summed E-state index contributed by atoms with van der Waals surface area (Å²) < 4.78 is 26.3. The van der Waals surface area contributed by atoms with Gasteiger partial charge in [0, 0.05) is 16.7 Å². The van der Waals surface area contributed by atoms with Crippen LogP contribution < -0.4 is 14.8 Å². The van der Waals surface area contributed by atoms with Crippen molar-refractivity contribution < 1.29 is 18.7 Å². The molecule has 0 aliphatic rings. The Hall–Kier alpha value is -3.36. The summed E-state index contributed by atoms with van der Waals surface area (Å²) in [5, 5.41) is 7.46. The number of nitrogens with one attached hydrogen (secondary N) is 1. The predicted molar refractivity (Wildman–Crippen MR) is 116 cm³/mol. The van der Waals surface area contributed by atoms with Crippen LogP contribution in [0.5, 0.6) is 11.6 Å². The highest BCUT2D eigenvalue weighted by atomic mass is 35.5. The maximum atomic E-state index is 14.3. The molecule has 10 heteroatoms. The van der Waals surface area contributed by atoms with Crippen molar-refractivity contribution in [3.8, 4) is 22.9 Å². The van der Waals surface area contributed by atoms with Gasteiger partial charge >= 0.3 is 0 Å². The highest BCUT2D eigenvalue weighted by Gasteiger charge is 2.13. The highest BCUT2D eigenvalue weighted by Crippen LogP contribution is 2.28. The smallest absolute Gasteiger partial charge is 0.262 e. The van der Waals surface area contributed by atoms with Crippen molar-refractivity contribution in [1.29, 1.82) is 0 Å². The Balaban J connectivity index is 1.50. The van der Waals surface area contributed by atoms with Crippen LogP contribution in [0.2, 0.25) is 10.0 Å². The van der Waals surface area contributed by atoms with Crippen LogP contribution in [0.4, 0.5) is 10.1 Å². The average molecular weight is 461 g/mol. The summed E-state index contributed by atoms with van der Waals surface area (Å²) in [7, 11) is 1.52. The lowest BCUT2D eigenvalue weighted by atomic mass is 10.1. The molecule has 2 heterocycles. The van der Waals surface area contributed by atoms with Gasteiger partial charge in [-0.25, -0.2) is 13.9 Å². The van der Waals surface area contributed by atoms with Crippen LogP contribution >= 0.6 is 23.2 Å². The van der Waals surface area contributed by atoms with Gasteiger partial charge in [0.15, 0.2) is 12.3 Å². The molecule has 0 atom stereocenters. The number of hydrogen-bond acceptors (Lipinski definition) is 5. The summed E-state index contributed by atoms with van der Waals surface area (Å²) in [4.78, 5) is 16.7. The van der Waals surface area contributed by atoms with E-state index in [0.717, 1.165) is 0 Å². The average Bonchev–Trinajstić information content (AvgIpc) is 3.18. The van der Waals surface area contributed by atoms with Gasteiger partial charge < -0.3 is 14.8 Å². The molecule has 4 aromatic rings. The third-order valence-electron chi connectivity index (χ3n) is 4.29. The molecule has 0 saturated heterocycles. The summed E-state index contributed by atoms with van der Waals surface area (Å²) >= 11 is 11.8. The summed E-state index contributed by atoms with van der Waals surface area (Å²) in [6, 6.07) is 12.4. The SMILES string of the molecule is COc1ccc2nc(-c3ccc(F)c(NC(=O)COc4ccc(Cl)cc4Cl)c3)cn2n1. The summed E-state index contributed by atoms with van der Waals surface area (Å²) in [6.45, 7) is -0.358. The third-order valence-corrected chi connectivity index (χ3v) is 4.82. The largest absolute Gasteiger partial charge is 0.482 e. The van der Waals surface area contributed by atoms with Crippen molar-refractivity contribution in [2.45, 2.75) is 0 Å². The topological polar surface area (TPSA) is 77.8 Å². The Morgan fingerprint density at radius 1 is 1.16 bits per heavy atom. The lowest BCUT2D eigenvalue weighted by molar-refractivity contribution is -0.118. The number of aromatic nitrogens is 3. The van der Waals surface area contributed by atoms with Crippen molar-refractivity contribution in [2.75, 3.05) is 19.0 Å². The molecule has 2 aromatic heterocycles. The lowest BCUT2D eigenvalue weighted by Gasteiger charge is -2.10. The van der Waals surface area contributed by atoms with E-state index in [-0.39, 0.29) is 17.3 Å². The van der Waals surface area contributed by atoms with Crippen LogP contribution in [0.25, 0.3) is 16.9 Å². The Morgan fingerprint density at radius 3 is 2.77 bits per heavy atom. The Kier molecular flexibility index (Phi) is 5.92. The van der Waals surface area contributed by atoms with Crippen molar-refractivity contribution in [3.63, 3.8) is 0 Å². The molecule has 2 aromatic carbocycles. The van der Waals surface area contributed by atoms with E-state index in [4.69, 9.17) is 32.7 Å². The van der Waals surface area contributed by atoms with E-state index < -0.39 is 11.7 Å². The second-order valence-electron chi connectivity index (χ2n) is 6.41. The van der Waals surface area contributed by atoms with Gasteiger partial charge in [0.1, 0.15) is 11.6 Å². The van der Waals surface area contributed by atoms with E-state index >= 15 is 0 Å². The standard InChI is InChI=1S/C21H15Cl2FN4O3/c1-30-21-7-6-19-25-17(10-28(19)27-21)12-2-4-15(24)16(8-12)26-20(29)11-31-18-5-3-13(22)9-14(18)23/h2-10H,11H2,1H3,(H,26,29). The lowest BCUT2D eigenvalue weighted by Crippen LogP contribution is -2.21. The molecule has 1 N–H and O–H groups in total. The van der Waals surface area contributed by atoms with Gasteiger partial charge in [-0.2, -0.15) is 0 Å². The Bertz CT molecular complexity index is 1280. The van der Waals surface area contributed by atoms with Gasteiger partial charge in [-0.15, -0.1) is 5.10 Å². The van der Waals surface area contributed by atoms with Crippen molar-refractivity contribution in [3.05, 3.63) is 70.6 Å². The summed E-state index contributed by atoms with van der Waals surface area (Å²) in [5.41, 5.74) is 1.75. The fraction of sp³-hybridized carbons (Fsp3) is 0.0952. The first kappa shape index (κ1) is 20.9. The molecule has 0 aliphatic heterocycles. The quantitative estimate of drug-likeness (QED) is 0.444. The zero-order chi connectivity index (χ0) is 22.0.